The van der Waals surface area contributed by atoms with Crippen LogP contribution >= 0.6 is 35.0 Å². The molecule has 0 saturated heterocycles. The van der Waals surface area contributed by atoms with E-state index in [0.29, 0.717) is 33.1 Å². The minimum absolute atomic E-state index is 0.0203. The fourth-order valence-electron chi connectivity index (χ4n) is 2.63. The van der Waals surface area contributed by atoms with E-state index >= 15 is 0 Å². The predicted molar refractivity (Wildman–Crippen MR) is 122 cm³/mol. The number of aromatic nitrogens is 3. The Hall–Kier alpha value is -2.75. The third-order valence-corrected chi connectivity index (χ3v) is 6.02. The number of rotatable bonds is 8. The summed E-state index contributed by atoms with van der Waals surface area (Å²) in [5.41, 5.74) is 1.01. The van der Waals surface area contributed by atoms with Gasteiger partial charge in [-0.25, -0.2) is 0 Å². The largest absolute Gasteiger partial charge is 0.495 e. The molecule has 3 aromatic rings. The van der Waals surface area contributed by atoms with Crippen LogP contribution in [-0.2, 0) is 23.1 Å². The van der Waals surface area contributed by atoms with Gasteiger partial charge < -0.3 is 19.9 Å². The molecule has 2 amide bonds. The zero-order valence-corrected chi connectivity index (χ0v) is 19.0. The van der Waals surface area contributed by atoms with Crippen LogP contribution < -0.4 is 15.4 Å². The van der Waals surface area contributed by atoms with Crippen LogP contribution in [0.4, 0.5) is 11.4 Å². The van der Waals surface area contributed by atoms with E-state index in [2.05, 4.69) is 20.8 Å². The van der Waals surface area contributed by atoms with Gasteiger partial charge in [0, 0.05) is 7.05 Å². The standard InChI is InChI=1S/C20H19Cl2N5O3S/c1-27-16(10-17(28)23-13-7-3-4-9-15(13)30-2)25-26-20(27)31-11-18(29)24-14-8-5-6-12(21)19(14)22/h3-9H,10-11H2,1-2H3,(H,23,28)(H,24,29). The van der Waals surface area contributed by atoms with Crippen LogP contribution in [0.3, 0.4) is 0 Å². The van der Waals surface area contributed by atoms with E-state index in [4.69, 9.17) is 27.9 Å². The molecule has 0 unspecified atom stereocenters. The summed E-state index contributed by atoms with van der Waals surface area (Å²) in [6, 6.07) is 12.1. The number of para-hydroxylation sites is 2. The van der Waals surface area contributed by atoms with E-state index < -0.39 is 0 Å². The Balaban J connectivity index is 1.56. The number of ether oxygens (including phenoxy) is 1. The lowest BCUT2D eigenvalue weighted by Crippen LogP contribution is -2.17. The normalized spacial score (nSPS) is 10.6. The summed E-state index contributed by atoms with van der Waals surface area (Å²) in [4.78, 5) is 24.6. The molecule has 0 atom stereocenters. The molecule has 1 aromatic heterocycles. The van der Waals surface area contributed by atoms with Gasteiger partial charge in [-0.15, -0.1) is 10.2 Å². The summed E-state index contributed by atoms with van der Waals surface area (Å²) < 4.78 is 6.90. The van der Waals surface area contributed by atoms with Gasteiger partial charge in [-0.3, -0.25) is 9.59 Å². The molecule has 31 heavy (non-hydrogen) atoms. The Morgan fingerprint density at radius 2 is 1.74 bits per heavy atom. The van der Waals surface area contributed by atoms with Crippen LogP contribution in [0.15, 0.2) is 47.6 Å². The van der Waals surface area contributed by atoms with Crippen LogP contribution in [0.2, 0.25) is 10.0 Å². The summed E-state index contributed by atoms with van der Waals surface area (Å²) in [5.74, 6) is 0.587. The highest BCUT2D eigenvalue weighted by Gasteiger charge is 2.16. The van der Waals surface area contributed by atoms with E-state index in [1.807, 2.05) is 6.07 Å². The third kappa shape index (κ3) is 5.90. The first-order valence-electron chi connectivity index (χ1n) is 9.07. The number of thioether (sulfide) groups is 1. The molecule has 1 heterocycles. The van der Waals surface area contributed by atoms with Gasteiger partial charge in [-0.2, -0.15) is 0 Å². The Morgan fingerprint density at radius 3 is 2.52 bits per heavy atom. The molecule has 0 aliphatic rings. The molecule has 0 fully saturated rings. The molecule has 0 aliphatic heterocycles. The molecule has 0 saturated carbocycles. The highest BCUT2D eigenvalue weighted by molar-refractivity contribution is 7.99. The van der Waals surface area contributed by atoms with Crippen LogP contribution in [0.1, 0.15) is 5.82 Å². The quantitative estimate of drug-likeness (QED) is 0.473. The molecule has 2 aromatic carbocycles. The molecular formula is C20H19Cl2N5O3S. The first-order valence-corrected chi connectivity index (χ1v) is 10.8. The molecule has 8 nitrogen and oxygen atoms in total. The monoisotopic (exact) mass is 479 g/mol. The Morgan fingerprint density at radius 1 is 1.03 bits per heavy atom. The molecule has 3 rings (SSSR count). The molecule has 162 valence electrons. The maximum atomic E-state index is 12.4. The molecule has 0 aliphatic carbocycles. The lowest BCUT2D eigenvalue weighted by molar-refractivity contribution is -0.116. The summed E-state index contributed by atoms with van der Waals surface area (Å²) in [5, 5.41) is 14.8. The fraction of sp³-hybridized carbons (Fsp3) is 0.200. The number of nitrogens with one attached hydrogen (secondary N) is 2. The number of hydrogen-bond donors (Lipinski definition) is 2. The van der Waals surface area contributed by atoms with Gasteiger partial charge >= 0.3 is 0 Å². The highest BCUT2D eigenvalue weighted by atomic mass is 35.5. The maximum Gasteiger partial charge on any atom is 0.234 e. The van der Waals surface area contributed by atoms with E-state index in [-0.39, 0.29) is 29.0 Å². The van der Waals surface area contributed by atoms with Crippen molar-refractivity contribution in [1.29, 1.82) is 0 Å². The summed E-state index contributed by atoms with van der Waals surface area (Å²) >= 11 is 13.2. The Labute approximate surface area is 193 Å². The van der Waals surface area contributed by atoms with E-state index in [1.165, 1.54) is 18.9 Å². The minimum Gasteiger partial charge on any atom is -0.495 e. The van der Waals surface area contributed by atoms with Gasteiger partial charge in [-0.1, -0.05) is 53.2 Å². The lowest BCUT2D eigenvalue weighted by atomic mass is 10.2. The van der Waals surface area contributed by atoms with Gasteiger partial charge in [0.2, 0.25) is 11.8 Å². The number of carbonyl (C=O) groups excluding carboxylic acids is 2. The number of halogens is 2. The van der Waals surface area contributed by atoms with E-state index in [9.17, 15) is 9.59 Å². The average Bonchev–Trinajstić information content (AvgIpc) is 3.09. The first-order chi connectivity index (χ1) is 14.9. The van der Waals surface area contributed by atoms with Gasteiger partial charge in [0.25, 0.3) is 0 Å². The molecule has 2 N–H and O–H groups in total. The second-order valence-corrected chi connectivity index (χ2v) is 8.05. The van der Waals surface area contributed by atoms with E-state index in [1.54, 1.807) is 48.0 Å². The second-order valence-electron chi connectivity index (χ2n) is 6.32. The molecule has 11 heteroatoms. The number of benzene rings is 2. The van der Waals surface area contributed by atoms with Crippen molar-refractivity contribution < 1.29 is 14.3 Å². The highest BCUT2D eigenvalue weighted by Crippen LogP contribution is 2.30. The van der Waals surface area contributed by atoms with Gasteiger partial charge in [0.15, 0.2) is 5.16 Å². The zero-order valence-electron chi connectivity index (χ0n) is 16.7. The van der Waals surface area contributed by atoms with Crippen molar-refractivity contribution in [3.8, 4) is 5.75 Å². The van der Waals surface area contributed by atoms with Crippen LogP contribution in [0.5, 0.6) is 5.75 Å². The van der Waals surface area contributed by atoms with Crippen molar-refractivity contribution in [2.75, 3.05) is 23.5 Å². The molecule has 0 radical (unpaired) electrons. The Kier molecular flexibility index (Phi) is 7.78. The number of anilines is 2. The number of methoxy groups -OCH3 is 1. The molecular weight excluding hydrogens is 461 g/mol. The Bertz CT molecular complexity index is 1110. The summed E-state index contributed by atoms with van der Waals surface area (Å²) in [7, 11) is 3.27. The van der Waals surface area contributed by atoms with Crippen molar-refractivity contribution in [1.82, 2.24) is 14.8 Å². The maximum absolute atomic E-state index is 12.4. The topological polar surface area (TPSA) is 98.1 Å². The van der Waals surface area contributed by atoms with Crippen molar-refractivity contribution in [2.45, 2.75) is 11.6 Å². The fourth-order valence-corrected chi connectivity index (χ4v) is 3.71. The van der Waals surface area contributed by atoms with Gasteiger partial charge in [0.05, 0.1) is 40.7 Å². The number of amides is 2. The van der Waals surface area contributed by atoms with Gasteiger partial charge in [-0.05, 0) is 24.3 Å². The van der Waals surface area contributed by atoms with Crippen LogP contribution in [0, 0.1) is 0 Å². The first kappa shape index (κ1) is 22.9. The zero-order chi connectivity index (χ0) is 22.4. The average molecular weight is 480 g/mol. The van der Waals surface area contributed by atoms with Crippen molar-refractivity contribution in [2.24, 2.45) is 7.05 Å². The van der Waals surface area contributed by atoms with Crippen molar-refractivity contribution >= 4 is 58.2 Å². The predicted octanol–water partition coefficient (Wildman–Crippen LogP) is 4.04. The second kappa shape index (κ2) is 10.5. The van der Waals surface area contributed by atoms with Crippen molar-refractivity contribution in [3.63, 3.8) is 0 Å². The number of hydrogen-bond acceptors (Lipinski definition) is 6. The van der Waals surface area contributed by atoms with E-state index in [0.717, 1.165) is 0 Å². The minimum atomic E-state index is -0.271. The lowest BCUT2D eigenvalue weighted by Gasteiger charge is -2.10. The van der Waals surface area contributed by atoms with Crippen LogP contribution in [-0.4, -0.2) is 39.4 Å². The molecule has 0 bridgehead atoms. The van der Waals surface area contributed by atoms with Gasteiger partial charge in [0.1, 0.15) is 11.6 Å². The summed E-state index contributed by atoms with van der Waals surface area (Å²) in [6.07, 6.45) is 0.0203. The van der Waals surface area contributed by atoms with Crippen LogP contribution in [0.25, 0.3) is 0 Å². The van der Waals surface area contributed by atoms with Crippen molar-refractivity contribution in [3.05, 3.63) is 58.3 Å². The molecule has 0 spiro atoms. The SMILES string of the molecule is COc1ccccc1NC(=O)Cc1nnc(SCC(=O)Nc2cccc(Cl)c2Cl)n1C. The smallest absolute Gasteiger partial charge is 0.234 e. The third-order valence-electron chi connectivity index (χ3n) is 4.18. The summed E-state index contributed by atoms with van der Waals surface area (Å²) in [6.45, 7) is 0. The number of carbonyl (C=O) groups is 2. The number of nitrogens with zero attached hydrogens (tertiary/aromatic N) is 3.